The monoisotopic (exact) mass is 267 g/mol. The molecule has 0 aromatic carbocycles. The quantitative estimate of drug-likeness (QED) is 0.732. The number of likely N-dealkylation sites (tertiary alicyclic amines) is 1. The summed E-state index contributed by atoms with van der Waals surface area (Å²) in [5.41, 5.74) is 0. The average Bonchev–Trinajstić information content (AvgIpc) is 3.15. The molecule has 0 aromatic rings. The minimum absolute atomic E-state index is 0.0797. The van der Waals surface area contributed by atoms with Crippen LogP contribution in [0.25, 0.3) is 0 Å². The maximum Gasteiger partial charge on any atom is 0.237 e. The Hall–Kier alpha value is -0.610. The summed E-state index contributed by atoms with van der Waals surface area (Å²) in [5, 5.41) is 6.42. The lowest BCUT2D eigenvalue weighted by molar-refractivity contribution is -0.123. The Balaban J connectivity index is 1.63. The van der Waals surface area contributed by atoms with Crippen LogP contribution in [0.15, 0.2) is 0 Å². The predicted octanol–water partition coefficient (Wildman–Crippen LogP) is 1.36. The smallest absolute Gasteiger partial charge is 0.237 e. The van der Waals surface area contributed by atoms with Crippen LogP contribution in [0.2, 0.25) is 0 Å². The van der Waals surface area contributed by atoms with Crippen molar-refractivity contribution in [3.05, 3.63) is 0 Å². The first-order valence-corrected chi connectivity index (χ1v) is 7.88. The van der Waals surface area contributed by atoms with Crippen molar-refractivity contribution in [2.45, 2.75) is 64.6 Å². The molecule has 3 unspecified atom stereocenters. The highest BCUT2D eigenvalue weighted by atomic mass is 16.2. The summed E-state index contributed by atoms with van der Waals surface area (Å²) in [6.07, 6.45) is 5.06. The van der Waals surface area contributed by atoms with Crippen molar-refractivity contribution >= 4 is 5.91 Å². The Morgan fingerprint density at radius 2 is 2.05 bits per heavy atom. The van der Waals surface area contributed by atoms with Gasteiger partial charge in [-0.1, -0.05) is 6.92 Å². The van der Waals surface area contributed by atoms with Gasteiger partial charge < -0.3 is 15.5 Å². The minimum atomic E-state index is -0.0797. The number of nitrogens with one attached hydrogen (secondary N) is 2. The van der Waals surface area contributed by atoms with Crippen LogP contribution < -0.4 is 10.6 Å². The van der Waals surface area contributed by atoms with Gasteiger partial charge in [-0.2, -0.15) is 0 Å². The topological polar surface area (TPSA) is 44.4 Å². The molecule has 4 heteroatoms. The number of hydrogen-bond acceptors (Lipinski definition) is 3. The highest BCUT2D eigenvalue weighted by molar-refractivity contribution is 5.81. The van der Waals surface area contributed by atoms with Crippen molar-refractivity contribution in [2.75, 3.05) is 19.6 Å². The van der Waals surface area contributed by atoms with E-state index in [1.165, 1.54) is 32.4 Å². The molecule has 2 aliphatic rings. The molecule has 0 spiro atoms. The van der Waals surface area contributed by atoms with Crippen LogP contribution in [0.5, 0.6) is 0 Å². The zero-order valence-corrected chi connectivity index (χ0v) is 12.6. The molecule has 1 saturated carbocycles. The second kappa shape index (κ2) is 6.71. The number of rotatable bonds is 7. The Morgan fingerprint density at radius 1 is 1.32 bits per heavy atom. The number of carbonyl (C=O) groups excluding carboxylic acids is 1. The Bertz CT molecular complexity index is 304. The molecule has 19 heavy (non-hydrogen) atoms. The highest BCUT2D eigenvalue weighted by Crippen LogP contribution is 2.31. The second-order valence-corrected chi connectivity index (χ2v) is 6.33. The van der Waals surface area contributed by atoms with E-state index in [0.29, 0.717) is 0 Å². The molecule has 2 N–H and O–H groups in total. The zero-order chi connectivity index (χ0) is 13.8. The molecule has 4 nitrogen and oxygen atoms in total. The van der Waals surface area contributed by atoms with E-state index in [1.54, 1.807) is 0 Å². The van der Waals surface area contributed by atoms with E-state index < -0.39 is 0 Å². The number of carbonyl (C=O) groups is 1. The average molecular weight is 267 g/mol. The maximum absolute atomic E-state index is 11.9. The lowest BCUT2D eigenvalue weighted by atomic mass is 10.1. The molecule has 1 aliphatic carbocycles. The zero-order valence-electron chi connectivity index (χ0n) is 12.6. The molecule has 2 rings (SSSR count). The van der Waals surface area contributed by atoms with Gasteiger partial charge in [0, 0.05) is 18.6 Å². The fourth-order valence-electron chi connectivity index (χ4n) is 2.71. The molecular weight excluding hydrogens is 238 g/mol. The van der Waals surface area contributed by atoms with Crippen molar-refractivity contribution in [1.29, 1.82) is 0 Å². The van der Waals surface area contributed by atoms with Crippen LogP contribution >= 0.6 is 0 Å². The molecule has 1 amide bonds. The third-order valence-corrected chi connectivity index (χ3v) is 4.49. The molecular formula is C15H29N3O. The first kappa shape index (κ1) is 14.8. The maximum atomic E-state index is 11.9. The summed E-state index contributed by atoms with van der Waals surface area (Å²) in [7, 11) is 0. The predicted molar refractivity (Wildman–Crippen MR) is 78.1 cm³/mol. The van der Waals surface area contributed by atoms with E-state index in [-0.39, 0.29) is 18.0 Å². The van der Waals surface area contributed by atoms with E-state index in [2.05, 4.69) is 29.4 Å². The van der Waals surface area contributed by atoms with Gasteiger partial charge in [0.25, 0.3) is 0 Å². The third kappa shape index (κ3) is 4.46. The van der Waals surface area contributed by atoms with Crippen LogP contribution in [0, 0.1) is 5.92 Å². The number of amides is 1. The fourth-order valence-corrected chi connectivity index (χ4v) is 2.71. The van der Waals surface area contributed by atoms with Gasteiger partial charge >= 0.3 is 0 Å². The SMILES string of the molecule is CCC(C)NC(=O)C(C)NCC1CCN(C2CC2)C1. The fraction of sp³-hybridized carbons (Fsp3) is 0.933. The van der Waals surface area contributed by atoms with Gasteiger partial charge in [-0.3, -0.25) is 4.79 Å². The van der Waals surface area contributed by atoms with E-state index >= 15 is 0 Å². The Labute approximate surface area is 117 Å². The first-order valence-electron chi connectivity index (χ1n) is 7.88. The molecule has 1 aliphatic heterocycles. The summed E-state index contributed by atoms with van der Waals surface area (Å²) >= 11 is 0. The van der Waals surface area contributed by atoms with Gasteiger partial charge in [-0.25, -0.2) is 0 Å². The van der Waals surface area contributed by atoms with E-state index in [9.17, 15) is 4.79 Å². The standard InChI is InChI=1S/C15H29N3O/c1-4-11(2)17-15(19)12(3)16-9-13-7-8-18(10-13)14-5-6-14/h11-14,16H,4-10H2,1-3H3,(H,17,19). The largest absolute Gasteiger partial charge is 0.352 e. The van der Waals surface area contributed by atoms with E-state index in [4.69, 9.17) is 0 Å². The van der Waals surface area contributed by atoms with Gasteiger partial charge in [0.2, 0.25) is 5.91 Å². The summed E-state index contributed by atoms with van der Waals surface area (Å²) in [4.78, 5) is 14.5. The van der Waals surface area contributed by atoms with Gasteiger partial charge in [0.1, 0.15) is 0 Å². The van der Waals surface area contributed by atoms with E-state index in [1.807, 2.05) is 6.92 Å². The van der Waals surface area contributed by atoms with Crippen LogP contribution in [-0.4, -0.2) is 48.6 Å². The van der Waals surface area contributed by atoms with Gasteiger partial charge in [0.15, 0.2) is 0 Å². The molecule has 0 radical (unpaired) electrons. The van der Waals surface area contributed by atoms with Crippen LogP contribution in [-0.2, 0) is 4.79 Å². The Kier molecular flexibility index (Phi) is 5.22. The lowest BCUT2D eigenvalue weighted by Gasteiger charge is -2.20. The number of nitrogens with zero attached hydrogens (tertiary/aromatic N) is 1. The van der Waals surface area contributed by atoms with Crippen LogP contribution in [0.1, 0.15) is 46.5 Å². The normalized spacial score (nSPS) is 27.2. The molecule has 110 valence electrons. The highest BCUT2D eigenvalue weighted by Gasteiger charge is 2.34. The summed E-state index contributed by atoms with van der Waals surface area (Å²) < 4.78 is 0. The number of hydrogen-bond donors (Lipinski definition) is 2. The molecule has 1 heterocycles. The minimum Gasteiger partial charge on any atom is -0.352 e. The van der Waals surface area contributed by atoms with Gasteiger partial charge in [-0.05, 0) is 58.5 Å². The summed E-state index contributed by atoms with van der Waals surface area (Å²) in [6.45, 7) is 9.55. The van der Waals surface area contributed by atoms with Crippen molar-refractivity contribution in [3.8, 4) is 0 Å². The Morgan fingerprint density at radius 3 is 2.68 bits per heavy atom. The van der Waals surface area contributed by atoms with Gasteiger partial charge in [-0.15, -0.1) is 0 Å². The molecule has 3 atom stereocenters. The van der Waals surface area contributed by atoms with Gasteiger partial charge in [0.05, 0.1) is 6.04 Å². The molecule has 1 saturated heterocycles. The summed E-state index contributed by atoms with van der Waals surface area (Å²) in [6, 6.07) is 1.08. The first-order chi connectivity index (χ1) is 9.10. The second-order valence-electron chi connectivity index (χ2n) is 6.33. The van der Waals surface area contributed by atoms with Crippen LogP contribution in [0.4, 0.5) is 0 Å². The molecule has 0 aromatic heterocycles. The lowest BCUT2D eigenvalue weighted by Crippen LogP contribution is -2.46. The summed E-state index contributed by atoms with van der Waals surface area (Å²) in [5.74, 6) is 0.853. The van der Waals surface area contributed by atoms with Crippen molar-refractivity contribution < 1.29 is 4.79 Å². The van der Waals surface area contributed by atoms with Crippen molar-refractivity contribution in [3.63, 3.8) is 0 Å². The third-order valence-electron chi connectivity index (χ3n) is 4.49. The van der Waals surface area contributed by atoms with Crippen LogP contribution in [0.3, 0.4) is 0 Å². The van der Waals surface area contributed by atoms with E-state index in [0.717, 1.165) is 24.9 Å². The molecule has 0 bridgehead atoms. The molecule has 2 fully saturated rings. The van der Waals surface area contributed by atoms with Crippen molar-refractivity contribution in [1.82, 2.24) is 15.5 Å². The van der Waals surface area contributed by atoms with Crippen molar-refractivity contribution in [2.24, 2.45) is 5.92 Å².